The maximum absolute atomic E-state index is 12.7. The Balaban J connectivity index is 2.17. The lowest BCUT2D eigenvalue weighted by Crippen LogP contribution is -3.06. The fraction of sp³-hybridized carbons (Fsp3) is 0.545. The van der Waals surface area contributed by atoms with E-state index in [1.54, 1.807) is 0 Å². The number of ether oxygens (including phenoxy) is 1. The van der Waals surface area contributed by atoms with Gasteiger partial charge in [-0.1, -0.05) is 11.6 Å². The summed E-state index contributed by atoms with van der Waals surface area (Å²) in [7, 11) is 4.23. The van der Waals surface area contributed by atoms with E-state index in [-0.39, 0.29) is 5.56 Å². The van der Waals surface area contributed by atoms with Crippen LogP contribution in [0.3, 0.4) is 0 Å². The zero-order chi connectivity index (χ0) is 21.4. The van der Waals surface area contributed by atoms with E-state index in [1.807, 2.05) is 19.9 Å². The monoisotopic (exact) mass is 419 g/mol. The molecule has 3 N–H and O–H groups in total. The molecule has 6 nitrogen and oxygen atoms in total. The number of nitrogens with zero attached hydrogens (tertiary/aromatic N) is 1. The van der Waals surface area contributed by atoms with Crippen LogP contribution in [-0.2, 0) is 11.3 Å². The average molecular weight is 420 g/mol. The molecule has 0 atom stereocenters. The van der Waals surface area contributed by atoms with Crippen LogP contribution in [0.15, 0.2) is 23.0 Å². The van der Waals surface area contributed by atoms with Crippen molar-refractivity contribution in [3.05, 3.63) is 45.2 Å². The smallest absolute Gasteiger partial charge is 0.253 e. The molecule has 0 aliphatic carbocycles. The van der Waals surface area contributed by atoms with Gasteiger partial charge in [-0.15, -0.1) is 0 Å². The Bertz CT molecular complexity index is 879. The van der Waals surface area contributed by atoms with E-state index < -0.39 is 0 Å². The minimum absolute atomic E-state index is 0.0502. The van der Waals surface area contributed by atoms with Gasteiger partial charge in [0, 0.05) is 25.3 Å². The number of aromatic nitrogens is 1. The lowest BCUT2D eigenvalue weighted by atomic mass is 10.1. The second-order valence-corrected chi connectivity index (χ2v) is 8.22. The van der Waals surface area contributed by atoms with Crippen molar-refractivity contribution >= 4 is 28.2 Å². The number of pyridine rings is 1. The highest BCUT2D eigenvalue weighted by Crippen LogP contribution is 2.18. The van der Waals surface area contributed by atoms with Crippen LogP contribution in [0, 0.1) is 13.8 Å². The predicted molar refractivity (Wildman–Crippen MR) is 124 cm³/mol. The lowest BCUT2D eigenvalue weighted by molar-refractivity contribution is -0.857. The zero-order valence-corrected chi connectivity index (χ0v) is 19.2. The van der Waals surface area contributed by atoms with Crippen LogP contribution in [0.2, 0.25) is 0 Å². The van der Waals surface area contributed by atoms with Gasteiger partial charge >= 0.3 is 0 Å². The largest absolute Gasteiger partial charge is 0.382 e. The lowest BCUT2D eigenvalue weighted by Gasteiger charge is -2.26. The van der Waals surface area contributed by atoms with Crippen molar-refractivity contribution in [3.63, 3.8) is 0 Å². The molecule has 1 aromatic carbocycles. The number of hydrogen-bond donors (Lipinski definition) is 3. The molecule has 0 amide bonds. The summed E-state index contributed by atoms with van der Waals surface area (Å²) in [5.41, 5.74) is 3.86. The van der Waals surface area contributed by atoms with E-state index >= 15 is 0 Å². The highest BCUT2D eigenvalue weighted by atomic mass is 32.1. The van der Waals surface area contributed by atoms with Gasteiger partial charge in [0.2, 0.25) is 0 Å². The van der Waals surface area contributed by atoms with Crippen LogP contribution in [0.25, 0.3) is 10.9 Å². The van der Waals surface area contributed by atoms with Crippen LogP contribution in [0.5, 0.6) is 0 Å². The van der Waals surface area contributed by atoms with E-state index in [4.69, 9.17) is 17.0 Å². The van der Waals surface area contributed by atoms with Crippen LogP contribution in [0.1, 0.15) is 30.0 Å². The molecule has 0 bridgehead atoms. The van der Waals surface area contributed by atoms with Gasteiger partial charge in [-0.25, -0.2) is 0 Å². The Morgan fingerprint density at radius 2 is 2.03 bits per heavy atom. The molecule has 29 heavy (non-hydrogen) atoms. The molecule has 7 heteroatoms. The van der Waals surface area contributed by atoms with Crippen LogP contribution in [0.4, 0.5) is 0 Å². The van der Waals surface area contributed by atoms with Gasteiger partial charge < -0.3 is 24.8 Å². The molecule has 0 aliphatic heterocycles. The van der Waals surface area contributed by atoms with Crippen molar-refractivity contribution < 1.29 is 9.64 Å². The molecule has 2 aromatic rings. The topological polar surface area (TPSA) is 61.8 Å². The molecule has 2 rings (SSSR count). The van der Waals surface area contributed by atoms with E-state index in [0.717, 1.165) is 61.3 Å². The van der Waals surface area contributed by atoms with Gasteiger partial charge in [0.25, 0.3) is 5.56 Å². The third-order valence-corrected chi connectivity index (χ3v) is 5.25. The number of quaternary nitrogens is 1. The highest BCUT2D eigenvalue weighted by molar-refractivity contribution is 7.80. The van der Waals surface area contributed by atoms with E-state index in [9.17, 15) is 4.79 Å². The fourth-order valence-corrected chi connectivity index (χ4v) is 3.55. The van der Waals surface area contributed by atoms with Crippen LogP contribution < -0.4 is 15.8 Å². The van der Waals surface area contributed by atoms with Gasteiger partial charge in [-0.3, -0.25) is 4.79 Å². The quantitative estimate of drug-likeness (QED) is 0.401. The first-order valence-corrected chi connectivity index (χ1v) is 10.7. The van der Waals surface area contributed by atoms with E-state index in [2.05, 4.69) is 48.4 Å². The SMILES string of the molecule is CCOCCCNC(=S)N(CC[NH+](C)C)Cc1cc2cc(C)cc(C)c2[nH]c1=O. The number of aromatic amines is 1. The van der Waals surface area contributed by atoms with Crippen molar-refractivity contribution in [3.8, 4) is 0 Å². The van der Waals surface area contributed by atoms with Crippen molar-refractivity contribution in [2.75, 3.05) is 46.9 Å². The number of fused-ring (bicyclic) bond motifs is 1. The normalized spacial score (nSPS) is 11.2. The van der Waals surface area contributed by atoms with Crippen LogP contribution >= 0.6 is 12.2 Å². The predicted octanol–water partition coefficient (Wildman–Crippen LogP) is 1.39. The summed E-state index contributed by atoms with van der Waals surface area (Å²) >= 11 is 5.64. The number of thiocarbonyl (C=S) groups is 1. The summed E-state index contributed by atoms with van der Waals surface area (Å²) in [6.45, 7) is 10.5. The number of hydrogen-bond acceptors (Lipinski definition) is 3. The Kier molecular flexibility index (Phi) is 9.07. The Morgan fingerprint density at radius 3 is 2.72 bits per heavy atom. The third kappa shape index (κ3) is 7.10. The molecular weight excluding hydrogens is 384 g/mol. The number of rotatable bonds is 10. The number of likely N-dealkylation sites (N-methyl/N-ethyl adjacent to an activating group) is 1. The molecule has 0 spiro atoms. The third-order valence-electron chi connectivity index (χ3n) is 4.85. The fourth-order valence-electron chi connectivity index (χ4n) is 3.29. The van der Waals surface area contributed by atoms with E-state index in [0.29, 0.717) is 11.7 Å². The Labute approximate surface area is 179 Å². The van der Waals surface area contributed by atoms with Gasteiger partial charge in [-0.05, 0) is 62.5 Å². The van der Waals surface area contributed by atoms with Crippen molar-refractivity contribution in [1.29, 1.82) is 0 Å². The molecule has 0 saturated carbocycles. The summed E-state index contributed by atoms with van der Waals surface area (Å²) in [4.78, 5) is 19.2. The van der Waals surface area contributed by atoms with Gasteiger partial charge in [0.05, 0.1) is 39.2 Å². The second-order valence-electron chi connectivity index (χ2n) is 7.83. The minimum atomic E-state index is -0.0502. The number of aryl methyl sites for hydroxylation is 2. The summed E-state index contributed by atoms with van der Waals surface area (Å²) in [5.74, 6) is 0. The number of H-pyrrole nitrogens is 1. The first-order chi connectivity index (χ1) is 13.8. The Morgan fingerprint density at radius 1 is 1.28 bits per heavy atom. The van der Waals surface area contributed by atoms with Crippen molar-refractivity contribution in [2.45, 2.75) is 33.7 Å². The molecule has 0 fully saturated rings. The molecule has 0 radical (unpaired) electrons. The summed E-state index contributed by atoms with van der Waals surface area (Å²) in [5, 5.41) is 5.06. The second kappa shape index (κ2) is 11.3. The van der Waals surface area contributed by atoms with E-state index in [1.165, 1.54) is 10.5 Å². The van der Waals surface area contributed by atoms with Crippen molar-refractivity contribution in [1.82, 2.24) is 15.2 Å². The van der Waals surface area contributed by atoms with Gasteiger partial charge in [-0.2, -0.15) is 0 Å². The van der Waals surface area contributed by atoms with Gasteiger partial charge in [0.1, 0.15) is 0 Å². The Hall–Kier alpha value is -1.96. The molecule has 0 saturated heterocycles. The first-order valence-electron chi connectivity index (χ1n) is 10.3. The standard InChI is InChI=1S/C22H34N4O2S/c1-6-28-11-7-8-23-22(29)26(10-9-25(4)5)15-19-14-18-13-16(2)12-17(3)20(18)24-21(19)27/h12-14H,6-11,15H2,1-5H3,(H,23,29)(H,24,27)/p+1. The molecule has 1 aromatic heterocycles. The first kappa shape index (κ1) is 23.3. The maximum atomic E-state index is 12.7. The molecule has 0 unspecified atom stereocenters. The maximum Gasteiger partial charge on any atom is 0.253 e. The summed E-state index contributed by atoms with van der Waals surface area (Å²) in [6, 6.07) is 6.20. The van der Waals surface area contributed by atoms with Crippen molar-refractivity contribution in [2.24, 2.45) is 0 Å². The minimum Gasteiger partial charge on any atom is -0.382 e. The summed E-state index contributed by atoms with van der Waals surface area (Å²) in [6.07, 6.45) is 0.899. The highest BCUT2D eigenvalue weighted by Gasteiger charge is 2.15. The summed E-state index contributed by atoms with van der Waals surface area (Å²) < 4.78 is 5.38. The molecular formula is C22H35N4O2S+. The average Bonchev–Trinajstić information content (AvgIpc) is 2.65. The van der Waals surface area contributed by atoms with Gasteiger partial charge in [0.15, 0.2) is 5.11 Å². The molecule has 1 heterocycles. The number of nitrogens with one attached hydrogen (secondary N) is 3. The zero-order valence-electron chi connectivity index (χ0n) is 18.4. The molecule has 160 valence electrons. The molecule has 0 aliphatic rings. The van der Waals surface area contributed by atoms with Crippen LogP contribution in [-0.4, -0.2) is 61.9 Å². The number of benzene rings is 1.